The van der Waals surface area contributed by atoms with E-state index in [9.17, 15) is 9.59 Å². The van der Waals surface area contributed by atoms with Crippen LogP contribution in [0.15, 0.2) is 42.5 Å². The summed E-state index contributed by atoms with van der Waals surface area (Å²) in [5, 5.41) is 6.33. The second kappa shape index (κ2) is 10.6. The van der Waals surface area contributed by atoms with Crippen LogP contribution in [-0.2, 0) is 16.1 Å². The first-order valence-corrected chi connectivity index (χ1v) is 10.6. The molecule has 0 aliphatic carbocycles. The Hall–Kier alpha value is -2.41. The fourth-order valence-corrected chi connectivity index (χ4v) is 3.60. The van der Waals surface area contributed by atoms with Crippen molar-refractivity contribution in [3.05, 3.63) is 64.2 Å². The normalized spacial score (nSPS) is 15.0. The molecule has 0 atom stereocenters. The van der Waals surface area contributed by atoms with Gasteiger partial charge in [-0.15, -0.1) is 0 Å². The summed E-state index contributed by atoms with van der Waals surface area (Å²) in [7, 11) is 0. The standard InChI is InChI=1S/C23H29ClN4O2/c1-17-4-3-5-21(18(17)2)26-22(29)14-25-23(30)16-28-12-10-27(11-13-28)15-19-6-8-20(24)9-7-19/h3-9H,10-16H2,1-2H3,(H,25,30)(H,26,29). The van der Waals surface area contributed by atoms with Gasteiger partial charge < -0.3 is 10.6 Å². The van der Waals surface area contributed by atoms with E-state index in [1.165, 1.54) is 5.56 Å². The first-order chi connectivity index (χ1) is 14.4. The minimum atomic E-state index is -0.218. The maximum atomic E-state index is 12.2. The van der Waals surface area contributed by atoms with Crippen LogP contribution in [0.1, 0.15) is 16.7 Å². The summed E-state index contributed by atoms with van der Waals surface area (Å²) in [5.74, 6) is -0.345. The number of hydrogen-bond acceptors (Lipinski definition) is 4. The van der Waals surface area contributed by atoms with Crippen LogP contribution in [0.3, 0.4) is 0 Å². The Bertz CT molecular complexity index is 877. The second-order valence-electron chi connectivity index (χ2n) is 7.75. The second-order valence-corrected chi connectivity index (χ2v) is 8.19. The van der Waals surface area contributed by atoms with Crippen molar-refractivity contribution in [2.75, 3.05) is 44.6 Å². The van der Waals surface area contributed by atoms with Crippen molar-refractivity contribution in [2.45, 2.75) is 20.4 Å². The zero-order valence-electron chi connectivity index (χ0n) is 17.6. The highest BCUT2D eigenvalue weighted by Gasteiger charge is 2.19. The van der Waals surface area contributed by atoms with Crippen LogP contribution in [-0.4, -0.2) is 60.9 Å². The van der Waals surface area contributed by atoms with E-state index in [4.69, 9.17) is 11.6 Å². The Balaban J connectivity index is 1.36. The van der Waals surface area contributed by atoms with Crippen molar-refractivity contribution >= 4 is 29.1 Å². The Kier molecular flexibility index (Phi) is 7.85. The molecular formula is C23H29ClN4O2. The molecule has 3 rings (SSSR count). The van der Waals surface area contributed by atoms with Gasteiger partial charge in [-0.2, -0.15) is 0 Å². The molecule has 0 radical (unpaired) electrons. The minimum absolute atomic E-state index is 0.0251. The van der Waals surface area contributed by atoms with Gasteiger partial charge in [0.1, 0.15) is 0 Å². The molecule has 7 heteroatoms. The van der Waals surface area contributed by atoms with Crippen molar-refractivity contribution in [2.24, 2.45) is 0 Å². The van der Waals surface area contributed by atoms with Crippen molar-refractivity contribution in [1.82, 2.24) is 15.1 Å². The van der Waals surface area contributed by atoms with E-state index in [-0.39, 0.29) is 18.4 Å². The third kappa shape index (κ3) is 6.55. The zero-order chi connectivity index (χ0) is 21.5. The number of aryl methyl sites for hydroxylation is 1. The fraction of sp³-hybridized carbons (Fsp3) is 0.391. The van der Waals surface area contributed by atoms with Gasteiger partial charge >= 0.3 is 0 Å². The number of benzene rings is 2. The lowest BCUT2D eigenvalue weighted by molar-refractivity contribution is -0.125. The van der Waals surface area contributed by atoms with Crippen LogP contribution in [0.4, 0.5) is 5.69 Å². The Labute approximate surface area is 183 Å². The van der Waals surface area contributed by atoms with E-state index in [1.54, 1.807) is 0 Å². The van der Waals surface area contributed by atoms with Crippen molar-refractivity contribution in [3.8, 4) is 0 Å². The van der Waals surface area contributed by atoms with Crippen LogP contribution in [0.25, 0.3) is 0 Å². The average Bonchev–Trinajstić information content (AvgIpc) is 2.73. The third-order valence-electron chi connectivity index (χ3n) is 5.48. The highest BCUT2D eigenvalue weighted by molar-refractivity contribution is 6.30. The molecule has 0 unspecified atom stereocenters. The highest BCUT2D eigenvalue weighted by atomic mass is 35.5. The Morgan fingerprint density at radius 2 is 1.60 bits per heavy atom. The third-order valence-corrected chi connectivity index (χ3v) is 5.73. The number of halogens is 1. The first-order valence-electron chi connectivity index (χ1n) is 10.2. The zero-order valence-corrected chi connectivity index (χ0v) is 18.3. The highest BCUT2D eigenvalue weighted by Crippen LogP contribution is 2.17. The molecule has 1 aliphatic rings. The number of amides is 2. The lowest BCUT2D eigenvalue weighted by Gasteiger charge is -2.34. The maximum absolute atomic E-state index is 12.2. The summed E-state index contributed by atoms with van der Waals surface area (Å²) in [5.41, 5.74) is 4.17. The van der Waals surface area contributed by atoms with Gasteiger partial charge in [-0.3, -0.25) is 19.4 Å². The Morgan fingerprint density at radius 3 is 2.30 bits per heavy atom. The summed E-state index contributed by atoms with van der Waals surface area (Å²) in [6.07, 6.45) is 0. The van der Waals surface area contributed by atoms with Gasteiger partial charge in [-0.05, 0) is 48.7 Å². The SMILES string of the molecule is Cc1cccc(NC(=O)CNC(=O)CN2CCN(Cc3ccc(Cl)cc3)CC2)c1C. The van der Waals surface area contributed by atoms with Gasteiger partial charge in [-0.1, -0.05) is 35.9 Å². The molecule has 160 valence electrons. The van der Waals surface area contributed by atoms with Gasteiger partial charge in [0.2, 0.25) is 11.8 Å². The van der Waals surface area contributed by atoms with Crippen LogP contribution in [0, 0.1) is 13.8 Å². The van der Waals surface area contributed by atoms with Crippen molar-refractivity contribution in [3.63, 3.8) is 0 Å². The minimum Gasteiger partial charge on any atom is -0.346 e. The summed E-state index contributed by atoms with van der Waals surface area (Å²) in [6.45, 7) is 8.61. The average molecular weight is 429 g/mol. The van der Waals surface area contributed by atoms with Crippen LogP contribution in [0.5, 0.6) is 0 Å². The summed E-state index contributed by atoms with van der Waals surface area (Å²) < 4.78 is 0. The predicted molar refractivity (Wildman–Crippen MR) is 121 cm³/mol. The van der Waals surface area contributed by atoms with E-state index < -0.39 is 0 Å². The van der Waals surface area contributed by atoms with Crippen molar-refractivity contribution in [1.29, 1.82) is 0 Å². The molecule has 0 saturated carbocycles. The lowest BCUT2D eigenvalue weighted by atomic mass is 10.1. The summed E-state index contributed by atoms with van der Waals surface area (Å²) in [4.78, 5) is 28.9. The number of carbonyl (C=O) groups is 2. The molecule has 1 fully saturated rings. The molecule has 30 heavy (non-hydrogen) atoms. The van der Waals surface area contributed by atoms with Gasteiger partial charge in [0.25, 0.3) is 0 Å². The van der Waals surface area contributed by atoms with E-state index in [2.05, 4.69) is 20.4 Å². The number of nitrogens with zero attached hydrogens (tertiary/aromatic N) is 2. The number of hydrogen-bond donors (Lipinski definition) is 2. The molecule has 0 bridgehead atoms. The molecule has 2 amide bonds. The molecule has 0 spiro atoms. The molecule has 6 nitrogen and oxygen atoms in total. The van der Waals surface area contributed by atoms with Gasteiger partial charge in [-0.25, -0.2) is 0 Å². The van der Waals surface area contributed by atoms with Gasteiger partial charge in [0.05, 0.1) is 13.1 Å². The molecule has 1 saturated heterocycles. The van der Waals surface area contributed by atoms with E-state index in [0.29, 0.717) is 6.54 Å². The van der Waals surface area contributed by atoms with E-state index in [0.717, 1.165) is 54.6 Å². The smallest absolute Gasteiger partial charge is 0.243 e. The first kappa shape index (κ1) is 22.3. The Morgan fingerprint density at radius 1 is 0.933 bits per heavy atom. The summed E-state index contributed by atoms with van der Waals surface area (Å²) >= 11 is 5.94. The maximum Gasteiger partial charge on any atom is 0.243 e. The number of rotatable bonds is 7. The topological polar surface area (TPSA) is 64.7 Å². The molecule has 2 aromatic rings. The molecular weight excluding hydrogens is 400 g/mol. The predicted octanol–water partition coefficient (Wildman–Crippen LogP) is 2.83. The molecule has 0 aromatic heterocycles. The lowest BCUT2D eigenvalue weighted by Crippen LogP contribution is -2.49. The number of carbonyl (C=O) groups excluding carboxylic acids is 2. The molecule has 1 heterocycles. The quantitative estimate of drug-likeness (QED) is 0.711. The number of piperazine rings is 1. The summed E-state index contributed by atoms with van der Waals surface area (Å²) in [6, 6.07) is 13.7. The van der Waals surface area contributed by atoms with Crippen LogP contribution < -0.4 is 10.6 Å². The number of anilines is 1. The van der Waals surface area contributed by atoms with Crippen molar-refractivity contribution < 1.29 is 9.59 Å². The van der Waals surface area contributed by atoms with E-state index >= 15 is 0 Å². The van der Waals surface area contributed by atoms with Gasteiger partial charge in [0.15, 0.2) is 0 Å². The number of nitrogens with one attached hydrogen (secondary N) is 2. The van der Waals surface area contributed by atoms with Crippen LogP contribution >= 0.6 is 11.6 Å². The fourth-order valence-electron chi connectivity index (χ4n) is 3.47. The molecule has 2 aromatic carbocycles. The van der Waals surface area contributed by atoms with Crippen LogP contribution in [0.2, 0.25) is 5.02 Å². The largest absolute Gasteiger partial charge is 0.346 e. The molecule has 2 N–H and O–H groups in total. The monoisotopic (exact) mass is 428 g/mol. The molecule has 1 aliphatic heterocycles. The van der Waals surface area contributed by atoms with E-state index in [1.807, 2.05) is 56.3 Å². The van der Waals surface area contributed by atoms with Gasteiger partial charge in [0, 0.05) is 43.4 Å².